The summed E-state index contributed by atoms with van der Waals surface area (Å²) in [5, 5.41) is 1.47. The van der Waals surface area contributed by atoms with Crippen LogP contribution >= 0.6 is 23.2 Å². The number of hydrogen-bond donors (Lipinski definition) is 1. The lowest BCUT2D eigenvalue weighted by atomic mass is 9.79. The maximum absolute atomic E-state index is 6.23. The molecule has 0 saturated heterocycles. The summed E-state index contributed by atoms with van der Waals surface area (Å²) >= 11 is 12.4. The SMILES string of the molecule is CC(C)(N)C1(c2c(Cl)cccc2Cl)CC1. The van der Waals surface area contributed by atoms with E-state index >= 15 is 0 Å². The summed E-state index contributed by atoms with van der Waals surface area (Å²) in [4.78, 5) is 0. The Balaban J connectivity index is 2.56. The summed E-state index contributed by atoms with van der Waals surface area (Å²) < 4.78 is 0. The molecule has 0 unspecified atom stereocenters. The third-order valence-corrected chi connectivity index (χ3v) is 4.05. The van der Waals surface area contributed by atoms with E-state index in [1.54, 1.807) is 0 Å². The molecule has 1 aliphatic carbocycles. The zero-order valence-electron chi connectivity index (χ0n) is 8.98. The molecule has 0 bridgehead atoms. The van der Waals surface area contributed by atoms with Crippen LogP contribution in [0, 0.1) is 0 Å². The Bertz CT molecular complexity index is 369. The highest BCUT2D eigenvalue weighted by atomic mass is 35.5. The summed E-state index contributed by atoms with van der Waals surface area (Å²) in [6, 6.07) is 5.64. The fourth-order valence-corrected chi connectivity index (χ4v) is 3.06. The van der Waals surface area contributed by atoms with Crippen molar-refractivity contribution < 1.29 is 0 Å². The summed E-state index contributed by atoms with van der Waals surface area (Å²) in [7, 11) is 0. The van der Waals surface area contributed by atoms with E-state index in [1.165, 1.54) is 0 Å². The molecule has 15 heavy (non-hydrogen) atoms. The minimum atomic E-state index is -0.276. The Labute approximate surface area is 101 Å². The van der Waals surface area contributed by atoms with Crippen LogP contribution in [-0.4, -0.2) is 5.54 Å². The van der Waals surface area contributed by atoms with Gasteiger partial charge in [0.1, 0.15) is 0 Å². The molecule has 1 fully saturated rings. The molecule has 1 saturated carbocycles. The Hall–Kier alpha value is -0.240. The zero-order chi connectivity index (χ0) is 11.3. The molecule has 1 aliphatic rings. The molecule has 3 heteroatoms. The third kappa shape index (κ3) is 1.67. The second-order valence-electron chi connectivity index (χ2n) is 4.90. The monoisotopic (exact) mass is 243 g/mol. The molecule has 82 valence electrons. The first-order chi connectivity index (χ1) is 6.88. The minimum Gasteiger partial charge on any atom is -0.325 e. The van der Waals surface area contributed by atoms with Crippen molar-refractivity contribution in [3.05, 3.63) is 33.8 Å². The van der Waals surface area contributed by atoms with Crippen LogP contribution < -0.4 is 5.73 Å². The van der Waals surface area contributed by atoms with Crippen LogP contribution in [0.3, 0.4) is 0 Å². The smallest absolute Gasteiger partial charge is 0.0459 e. The lowest BCUT2D eigenvalue weighted by Crippen LogP contribution is -2.45. The number of hydrogen-bond acceptors (Lipinski definition) is 1. The Morgan fingerprint density at radius 1 is 1.20 bits per heavy atom. The predicted molar refractivity (Wildman–Crippen MR) is 65.6 cm³/mol. The molecule has 2 rings (SSSR count). The van der Waals surface area contributed by atoms with Gasteiger partial charge in [-0.05, 0) is 44.4 Å². The van der Waals surface area contributed by atoms with Crippen LogP contribution in [0.25, 0.3) is 0 Å². The minimum absolute atomic E-state index is 0.0254. The first kappa shape index (κ1) is 11.3. The maximum atomic E-state index is 6.23. The fraction of sp³-hybridized carbons (Fsp3) is 0.500. The Kier molecular flexibility index (Phi) is 2.53. The second kappa shape index (κ2) is 3.38. The van der Waals surface area contributed by atoms with Crippen molar-refractivity contribution >= 4 is 23.2 Å². The Morgan fingerprint density at radius 2 is 1.67 bits per heavy atom. The number of rotatable bonds is 2. The molecule has 0 atom stereocenters. The molecule has 2 N–H and O–H groups in total. The van der Waals surface area contributed by atoms with Crippen molar-refractivity contribution in [1.29, 1.82) is 0 Å². The molecular weight excluding hydrogens is 229 g/mol. The second-order valence-corrected chi connectivity index (χ2v) is 5.71. The maximum Gasteiger partial charge on any atom is 0.0459 e. The topological polar surface area (TPSA) is 26.0 Å². The largest absolute Gasteiger partial charge is 0.325 e. The van der Waals surface area contributed by atoms with Gasteiger partial charge in [0, 0.05) is 21.0 Å². The van der Waals surface area contributed by atoms with Crippen LogP contribution in [0.4, 0.5) is 0 Å². The highest BCUT2D eigenvalue weighted by Gasteiger charge is 2.55. The van der Waals surface area contributed by atoms with Crippen LogP contribution in [0.1, 0.15) is 32.3 Å². The Morgan fingerprint density at radius 3 is 2.00 bits per heavy atom. The van der Waals surface area contributed by atoms with Crippen molar-refractivity contribution in [2.24, 2.45) is 5.73 Å². The average molecular weight is 244 g/mol. The van der Waals surface area contributed by atoms with Crippen molar-refractivity contribution in [1.82, 2.24) is 0 Å². The molecule has 0 radical (unpaired) electrons. The zero-order valence-corrected chi connectivity index (χ0v) is 10.5. The van der Waals surface area contributed by atoms with Gasteiger partial charge in [-0.1, -0.05) is 29.3 Å². The third-order valence-electron chi connectivity index (χ3n) is 3.42. The number of benzene rings is 1. The normalized spacial score (nSPS) is 19.0. The van der Waals surface area contributed by atoms with E-state index in [1.807, 2.05) is 32.0 Å². The van der Waals surface area contributed by atoms with E-state index in [0.29, 0.717) is 0 Å². The van der Waals surface area contributed by atoms with Gasteiger partial charge in [-0.25, -0.2) is 0 Å². The molecule has 0 heterocycles. The fourth-order valence-electron chi connectivity index (χ4n) is 2.30. The van der Waals surface area contributed by atoms with E-state index in [-0.39, 0.29) is 11.0 Å². The quantitative estimate of drug-likeness (QED) is 0.842. The van der Waals surface area contributed by atoms with Crippen molar-refractivity contribution in [3.63, 3.8) is 0 Å². The summed E-state index contributed by atoms with van der Waals surface area (Å²) in [6.07, 6.45) is 2.14. The highest BCUT2D eigenvalue weighted by Crippen LogP contribution is 2.58. The first-order valence-electron chi connectivity index (χ1n) is 5.12. The van der Waals surface area contributed by atoms with E-state index < -0.39 is 0 Å². The standard InChI is InChI=1S/C12H15Cl2N/c1-11(2,15)12(6-7-12)10-8(13)4-3-5-9(10)14/h3-5H,6-7,15H2,1-2H3. The van der Waals surface area contributed by atoms with E-state index in [2.05, 4.69) is 0 Å². The first-order valence-corrected chi connectivity index (χ1v) is 5.87. The summed E-state index contributed by atoms with van der Waals surface area (Å²) in [6.45, 7) is 4.08. The molecule has 1 aromatic rings. The molecule has 0 amide bonds. The van der Waals surface area contributed by atoms with Crippen molar-refractivity contribution in [2.75, 3.05) is 0 Å². The molecule has 1 nitrogen and oxygen atoms in total. The van der Waals surface area contributed by atoms with Gasteiger partial charge in [0.2, 0.25) is 0 Å². The lowest BCUT2D eigenvalue weighted by molar-refractivity contribution is 0.392. The van der Waals surface area contributed by atoms with Gasteiger partial charge in [0.25, 0.3) is 0 Å². The molecule has 1 aromatic carbocycles. The lowest BCUT2D eigenvalue weighted by Gasteiger charge is -2.32. The van der Waals surface area contributed by atoms with E-state index in [9.17, 15) is 0 Å². The van der Waals surface area contributed by atoms with Gasteiger partial charge in [0.05, 0.1) is 0 Å². The highest BCUT2D eigenvalue weighted by molar-refractivity contribution is 6.36. The van der Waals surface area contributed by atoms with Gasteiger partial charge in [-0.2, -0.15) is 0 Å². The average Bonchev–Trinajstić information content (AvgIpc) is 2.83. The number of halogens is 2. The predicted octanol–water partition coefficient (Wildman–Crippen LogP) is 3.76. The van der Waals surface area contributed by atoms with E-state index in [4.69, 9.17) is 28.9 Å². The van der Waals surface area contributed by atoms with E-state index in [0.717, 1.165) is 28.5 Å². The van der Waals surface area contributed by atoms with Gasteiger partial charge < -0.3 is 5.73 Å². The van der Waals surface area contributed by atoms with Gasteiger partial charge >= 0.3 is 0 Å². The van der Waals surface area contributed by atoms with Crippen LogP contribution in [0.5, 0.6) is 0 Å². The van der Waals surface area contributed by atoms with Crippen LogP contribution in [0.2, 0.25) is 10.0 Å². The van der Waals surface area contributed by atoms with Crippen LogP contribution in [-0.2, 0) is 5.41 Å². The van der Waals surface area contributed by atoms with Crippen LogP contribution in [0.15, 0.2) is 18.2 Å². The summed E-state index contributed by atoms with van der Waals surface area (Å²) in [5.41, 5.74) is 6.96. The van der Waals surface area contributed by atoms with Gasteiger partial charge in [0.15, 0.2) is 0 Å². The van der Waals surface area contributed by atoms with Gasteiger partial charge in [-0.3, -0.25) is 0 Å². The molecule has 0 aromatic heterocycles. The molecule has 0 spiro atoms. The van der Waals surface area contributed by atoms with Crippen molar-refractivity contribution in [2.45, 2.75) is 37.6 Å². The summed E-state index contributed by atoms with van der Waals surface area (Å²) in [5.74, 6) is 0. The molecular formula is C12H15Cl2N. The van der Waals surface area contributed by atoms with Gasteiger partial charge in [-0.15, -0.1) is 0 Å². The molecule has 0 aliphatic heterocycles. The van der Waals surface area contributed by atoms with Crippen molar-refractivity contribution in [3.8, 4) is 0 Å². The number of nitrogens with two attached hydrogens (primary N) is 1.